The van der Waals surface area contributed by atoms with Gasteiger partial charge in [-0.05, 0) is 19.9 Å². The average Bonchev–Trinajstić information content (AvgIpc) is 2.77. The van der Waals surface area contributed by atoms with Crippen LogP contribution in [0, 0.1) is 5.82 Å². The van der Waals surface area contributed by atoms with Crippen molar-refractivity contribution in [2.75, 3.05) is 0 Å². The molecule has 2 aromatic heterocycles. The topological polar surface area (TPSA) is 69.6 Å². The van der Waals surface area contributed by atoms with E-state index in [4.69, 9.17) is 5.73 Å². The SMILES string of the molecule is CC(C)n1ncnc1CC(N)c1ccncc1F. The number of pyridine rings is 1. The quantitative estimate of drug-likeness (QED) is 0.894. The summed E-state index contributed by atoms with van der Waals surface area (Å²) < 4.78 is 15.3. The van der Waals surface area contributed by atoms with E-state index in [-0.39, 0.29) is 11.9 Å². The molecule has 0 aliphatic carbocycles. The molecular formula is C12H16FN5. The van der Waals surface area contributed by atoms with E-state index in [1.165, 1.54) is 18.7 Å². The number of hydrogen-bond acceptors (Lipinski definition) is 4. The van der Waals surface area contributed by atoms with Gasteiger partial charge >= 0.3 is 0 Å². The second kappa shape index (κ2) is 5.22. The van der Waals surface area contributed by atoms with Crippen LogP contribution < -0.4 is 5.73 Å². The highest BCUT2D eigenvalue weighted by Gasteiger charge is 2.16. The average molecular weight is 249 g/mol. The molecule has 0 aromatic carbocycles. The molecule has 0 amide bonds. The molecule has 0 aliphatic heterocycles. The van der Waals surface area contributed by atoms with Crippen molar-refractivity contribution in [3.8, 4) is 0 Å². The van der Waals surface area contributed by atoms with Crippen LogP contribution in [-0.4, -0.2) is 19.7 Å². The molecule has 0 bridgehead atoms. The highest BCUT2D eigenvalue weighted by molar-refractivity contribution is 5.18. The van der Waals surface area contributed by atoms with Crippen LogP contribution in [0.5, 0.6) is 0 Å². The molecule has 2 rings (SSSR count). The fraction of sp³-hybridized carbons (Fsp3) is 0.417. The first kappa shape index (κ1) is 12.6. The molecule has 1 unspecified atom stereocenters. The zero-order chi connectivity index (χ0) is 13.1. The molecule has 0 saturated carbocycles. The monoisotopic (exact) mass is 249 g/mol. The van der Waals surface area contributed by atoms with Gasteiger partial charge in [-0.25, -0.2) is 14.1 Å². The minimum Gasteiger partial charge on any atom is -0.323 e. The summed E-state index contributed by atoms with van der Waals surface area (Å²) in [6.45, 7) is 4.02. The Labute approximate surface area is 105 Å². The Morgan fingerprint density at radius 3 is 2.89 bits per heavy atom. The number of hydrogen-bond donors (Lipinski definition) is 1. The third kappa shape index (κ3) is 2.53. The lowest BCUT2D eigenvalue weighted by Crippen LogP contribution is -2.19. The van der Waals surface area contributed by atoms with E-state index in [1.54, 1.807) is 10.7 Å². The number of nitrogens with zero attached hydrogens (tertiary/aromatic N) is 4. The molecule has 5 nitrogen and oxygen atoms in total. The molecule has 0 aliphatic rings. The van der Waals surface area contributed by atoms with Gasteiger partial charge < -0.3 is 5.73 Å². The van der Waals surface area contributed by atoms with Gasteiger partial charge in [-0.3, -0.25) is 4.98 Å². The van der Waals surface area contributed by atoms with Gasteiger partial charge in [-0.1, -0.05) is 0 Å². The van der Waals surface area contributed by atoms with E-state index in [9.17, 15) is 4.39 Å². The maximum atomic E-state index is 13.5. The lowest BCUT2D eigenvalue weighted by molar-refractivity contribution is 0.488. The molecule has 0 spiro atoms. The molecule has 2 N–H and O–H groups in total. The molecule has 96 valence electrons. The maximum Gasteiger partial charge on any atom is 0.146 e. The normalized spacial score (nSPS) is 12.9. The van der Waals surface area contributed by atoms with Gasteiger partial charge in [-0.2, -0.15) is 5.10 Å². The molecule has 6 heteroatoms. The van der Waals surface area contributed by atoms with E-state index in [0.717, 1.165) is 5.82 Å². The smallest absolute Gasteiger partial charge is 0.146 e. The van der Waals surface area contributed by atoms with Crippen molar-refractivity contribution in [1.29, 1.82) is 0 Å². The lowest BCUT2D eigenvalue weighted by Gasteiger charge is -2.14. The van der Waals surface area contributed by atoms with Crippen LogP contribution in [0.25, 0.3) is 0 Å². The summed E-state index contributed by atoms with van der Waals surface area (Å²) in [7, 11) is 0. The number of aromatic nitrogens is 4. The predicted molar refractivity (Wildman–Crippen MR) is 65.2 cm³/mol. The number of halogens is 1. The van der Waals surface area contributed by atoms with Crippen molar-refractivity contribution in [1.82, 2.24) is 19.7 Å². The van der Waals surface area contributed by atoms with Crippen LogP contribution in [0.4, 0.5) is 4.39 Å². The standard InChI is InChI=1S/C12H16FN5/c1-8(2)18-12(16-7-17-18)5-11(14)9-3-4-15-6-10(9)13/h3-4,6-8,11H,5,14H2,1-2H3. The fourth-order valence-electron chi connectivity index (χ4n) is 1.84. The van der Waals surface area contributed by atoms with Gasteiger partial charge in [0.15, 0.2) is 0 Å². The molecular weight excluding hydrogens is 233 g/mol. The van der Waals surface area contributed by atoms with Crippen LogP contribution in [0.2, 0.25) is 0 Å². The molecule has 0 radical (unpaired) electrons. The Morgan fingerprint density at radius 1 is 1.44 bits per heavy atom. The van der Waals surface area contributed by atoms with Crippen molar-refractivity contribution < 1.29 is 4.39 Å². The van der Waals surface area contributed by atoms with E-state index in [0.29, 0.717) is 12.0 Å². The molecule has 18 heavy (non-hydrogen) atoms. The van der Waals surface area contributed by atoms with Gasteiger partial charge in [0.25, 0.3) is 0 Å². The minimum absolute atomic E-state index is 0.206. The Kier molecular flexibility index (Phi) is 3.66. The van der Waals surface area contributed by atoms with Crippen molar-refractivity contribution in [2.45, 2.75) is 32.4 Å². The summed E-state index contributed by atoms with van der Waals surface area (Å²) in [5, 5.41) is 4.13. The first-order valence-corrected chi connectivity index (χ1v) is 5.83. The zero-order valence-corrected chi connectivity index (χ0v) is 10.4. The van der Waals surface area contributed by atoms with Crippen LogP contribution in [0.15, 0.2) is 24.8 Å². The zero-order valence-electron chi connectivity index (χ0n) is 10.4. The van der Waals surface area contributed by atoms with Crippen molar-refractivity contribution in [3.63, 3.8) is 0 Å². The van der Waals surface area contributed by atoms with E-state index >= 15 is 0 Å². The minimum atomic E-state index is -0.449. The number of rotatable bonds is 4. The molecule has 1 atom stereocenters. The first-order chi connectivity index (χ1) is 8.59. The molecule has 2 heterocycles. The van der Waals surface area contributed by atoms with Crippen LogP contribution >= 0.6 is 0 Å². The largest absolute Gasteiger partial charge is 0.323 e. The van der Waals surface area contributed by atoms with Gasteiger partial charge in [0.05, 0.1) is 6.20 Å². The summed E-state index contributed by atoms with van der Waals surface area (Å²) >= 11 is 0. The lowest BCUT2D eigenvalue weighted by atomic mass is 10.1. The Morgan fingerprint density at radius 2 is 2.22 bits per heavy atom. The summed E-state index contributed by atoms with van der Waals surface area (Å²) in [5.74, 6) is 0.370. The number of nitrogens with two attached hydrogens (primary N) is 1. The summed E-state index contributed by atoms with van der Waals surface area (Å²) in [6, 6.07) is 1.35. The maximum absolute atomic E-state index is 13.5. The third-order valence-electron chi connectivity index (χ3n) is 2.74. The van der Waals surface area contributed by atoms with E-state index in [2.05, 4.69) is 15.1 Å². The first-order valence-electron chi connectivity index (χ1n) is 5.83. The third-order valence-corrected chi connectivity index (χ3v) is 2.74. The predicted octanol–water partition coefficient (Wildman–Crippen LogP) is 1.64. The second-order valence-electron chi connectivity index (χ2n) is 4.42. The van der Waals surface area contributed by atoms with Crippen molar-refractivity contribution in [3.05, 3.63) is 42.0 Å². The highest BCUT2D eigenvalue weighted by Crippen LogP contribution is 2.18. The van der Waals surface area contributed by atoms with Gasteiger partial charge in [0.2, 0.25) is 0 Å². The summed E-state index contributed by atoms with van der Waals surface area (Å²) in [4.78, 5) is 7.87. The molecule has 2 aromatic rings. The molecule has 0 fully saturated rings. The Balaban J connectivity index is 2.19. The van der Waals surface area contributed by atoms with Gasteiger partial charge in [-0.15, -0.1) is 0 Å². The van der Waals surface area contributed by atoms with Gasteiger partial charge in [0, 0.05) is 30.3 Å². The highest BCUT2D eigenvalue weighted by atomic mass is 19.1. The van der Waals surface area contributed by atoms with E-state index < -0.39 is 6.04 Å². The van der Waals surface area contributed by atoms with Crippen molar-refractivity contribution in [2.24, 2.45) is 5.73 Å². The summed E-state index contributed by atoms with van der Waals surface area (Å²) in [5.41, 5.74) is 6.45. The van der Waals surface area contributed by atoms with Crippen LogP contribution in [-0.2, 0) is 6.42 Å². The van der Waals surface area contributed by atoms with Gasteiger partial charge in [0.1, 0.15) is 18.0 Å². The van der Waals surface area contributed by atoms with Crippen molar-refractivity contribution >= 4 is 0 Å². The van der Waals surface area contributed by atoms with E-state index in [1.807, 2.05) is 13.8 Å². The molecule has 0 saturated heterocycles. The Bertz CT molecular complexity index is 523. The van der Waals surface area contributed by atoms with Crippen LogP contribution in [0.3, 0.4) is 0 Å². The second-order valence-corrected chi connectivity index (χ2v) is 4.42. The Hall–Kier alpha value is -1.82. The fourth-order valence-corrected chi connectivity index (χ4v) is 1.84. The van der Waals surface area contributed by atoms with Crippen LogP contribution in [0.1, 0.15) is 37.3 Å². The summed E-state index contributed by atoms with van der Waals surface area (Å²) in [6.07, 6.45) is 4.64.